The molecule has 3 heterocycles. The van der Waals surface area contributed by atoms with Gasteiger partial charge in [0.1, 0.15) is 0 Å². The molecule has 0 unspecified atom stereocenters. The quantitative estimate of drug-likeness (QED) is 0.816. The Hall–Kier alpha value is -2.12. The van der Waals surface area contributed by atoms with E-state index in [0.29, 0.717) is 22.8 Å². The number of anilines is 1. The van der Waals surface area contributed by atoms with Gasteiger partial charge in [0.25, 0.3) is 0 Å². The molecule has 27 heavy (non-hydrogen) atoms. The summed E-state index contributed by atoms with van der Waals surface area (Å²) in [6.45, 7) is 4.32. The maximum atomic E-state index is 12.4. The third kappa shape index (κ3) is 4.42. The topological polar surface area (TPSA) is 83.3 Å². The highest BCUT2D eigenvalue weighted by molar-refractivity contribution is 6.30. The maximum Gasteiger partial charge on any atom is 0.324 e. The van der Waals surface area contributed by atoms with E-state index in [1.807, 2.05) is 12.1 Å². The molecule has 2 saturated heterocycles. The zero-order valence-corrected chi connectivity index (χ0v) is 15.9. The van der Waals surface area contributed by atoms with E-state index < -0.39 is 0 Å². The van der Waals surface area contributed by atoms with Crippen molar-refractivity contribution in [2.24, 2.45) is 11.8 Å². The van der Waals surface area contributed by atoms with Crippen molar-refractivity contribution in [2.45, 2.75) is 19.3 Å². The largest absolute Gasteiger partial charge is 0.356 e. The fourth-order valence-electron chi connectivity index (χ4n) is 3.67. The number of benzene rings is 1. The van der Waals surface area contributed by atoms with Crippen LogP contribution in [0.5, 0.6) is 0 Å². The van der Waals surface area contributed by atoms with Gasteiger partial charge >= 0.3 is 6.01 Å². The molecule has 4 rings (SSSR count). The van der Waals surface area contributed by atoms with Gasteiger partial charge in [0, 0.05) is 36.1 Å². The molecule has 144 valence electrons. The molecule has 0 spiro atoms. The second-order valence-corrected chi connectivity index (χ2v) is 7.71. The van der Waals surface area contributed by atoms with Gasteiger partial charge in [-0.1, -0.05) is 16.8 Å². The Morgan fingerprint density at radius 1 is 1.26 bits per heavy atom. The van der Waals surface area contributed by atoms with Gasteiger partial charge in [0.05, 0.1) is 0 Å². The molecule has 2 fully saturated rings. The second-order valence-electron chi connectivity index (χ2n) is 7.27. The molecular formula is C19H24ClN5O2. The SMILES string of the molecule is O=C(NC[C@@H]1CCNC1)C1CCN(c2nc(-c3ccc(Cl)cc3)no2)CC1. The van der Waals surface area contributed by atoms with Gasteiger partial charge in [-0.2, -0.15) is 4.98 Å². The van der Waals surface area contributed by atoms with Crippen molar-refractivity contribution >= 4 is 23.5 Å². The Kier molecular flexibility index (Phi) is 5.59. The van der Waals surface area contributed by atoms with Crippen LogP contribution in [0.2, 0.25) is 5.02 Å². The number of rotatable bonds is 5. The van der Waals surface area contributed by atoms with E-state index in [2.05, 4.69) is 25.7 Å². The van der Waals surface area contributed by atoms with Crippen molar-refractivity contribution in [1.29, 1.82) is 0 Å². The third-order valence-electron chi connectivity index (χ3n) is 5.38. The van der Waals surface area contributed by atoms with Gasteiger partial charge in [-0.3, -0.25) is 4.79 Å². The highest BCUT2D eigenvalue weighted by Gasteiger charge is 2.28. The van der Waals surface area contributed by atoms with E-state index in [1.165, 1.54) is 0 Å². The van der Waals surface area contributed by atoms with Crippen LogP contribution < -0.4 is 15.5 Å². The summed E-state index contributed by atoms with van der Waals surface area (Å²) in [6, 6.07) is 7.86. The van der Waals surface area contributed by atoms with E-state index in [-0.39, 0.29) is 11.8 Å². The van der Waals surface area contributed by atoms with Crippen LogP contribution in [0.1, 0.15) is 19.3 Å². The summed E-state index contributed by atoms with van der Waals surface area (Å²) in [4.78, 5) is 18.9. The lowest BCUT2D eigenvalue weighted by atomic mass is 9.96. The molecular weight excluding hydrogens is 366 g/mol. The minimum absolute atomic E-state index is 0.0641. The molecule has 0 radical (unpaired) electrons. The number of amides is 1. The number of halogens is 1. The minimum Gasteiger partial charge on any atom is -0.356 e. The number of carbonyl (C=O) groups excluding carboxylic acids is 1. The summed E-state index contributed by atoms with van der Waals surface area (Å²) in [6.07, 6.45) is 2.74. The smallest absolute Gasteiger partial charge is 0.324 e. The molecule has 0 aliphatic carbocycles. The Morgan fingerprint density at radius 2 is 2.04 bits per heavy atom. The molecule has 2 aliphatic rings. The Bertz CT molecular complexity index is 765. The zero-order chi connectivity index (χ0) is 18.6. The second kappa shape index (κ2) is 8.27. The molecule has 2 N–H and O–H groups in total. The molecule has 1 amide bonds. The fraction of sp³-hybridized carbons (Fsp3) is 0.526. The van der Waals surface area contributed by atoms with E-state index in [9.17, 15) is 4.79 Å². The molecule has 1 aromatic carbocycles. The van der Waals surface area contributed by atoms with Gasteiger partial charge in [0.2, 0.25) is 11.7 Å². The standard InChI is InChI=1S/C19H24ClN5O2/c20-16-3-1-14(2-4-16)17-23-19(27-24-17)25-9-6-15(7-10-25)18(26)22-12-13-5-8-21-11-13/h1-4,13,15,21H,5-12H2,(H,22,26)/t13-/m1/s1. The number of hydrogen-bond acceptors (Lipinski definition) is 6. The number of carbonyl (C=O) groups is 1. The van der Waals surface area contributed by atoms with Gasteiger partial charge in [0.15, 0.2) is 0 Å². The third-order valence-corrected chi connectivity index (χ3v) is 5.63. The van der Waals surface area contributed by atoms with Crippen LogP contribution in [0, 0.1) is 11.8 Å². The summed E-state index contributed by atoms with van der Waals surface area (Å²) in [7, 11) is 0. The van der Waals surface area contributed by atoms with Crippen LogP contribution in [-0.4, -0.2) is 48.8 Å². The van der Waals surface area contributed by atoms with Gasteiger partial charge in [-0.05, 0) is 62.5 Å². The van der Waals surface area contributed by atoms with Gasteiger partial charge in [-0.25, -0.2) is 0 Å². The first-order valence-corrected chi connectivity index (χ1v) is 9.90. The number of nitrogens with zero attached hydrogens (tertiary/aromatic N) is 3. The Labute approximate surface area is 163 Å². The van der Waals surface area contributed by atoms with Crippen molar-refractivity contribution in [3.05, 3.63) is 29.3 Å². The Balaban J connectivity index is 1.29. The molecule has 1 aromatic heterocycles. The van der Waals surface area contributed by atoms with Crippen molar-refractivity contribution < 1.29 is 9.32 Å². The van der Waals surface area contributed by atoms with Crippen LogP contribution in [0.25, 0.3) is 11.4 Å². The van der Waals surface area contributed by atoms with Crippen LogP contribution >= 0.6 is 11.6 Å². The predicted octanol–water partition coefficient (Wildman–Crippen LogP) is 2.33. The summed E-state index contributed by atoms with van der Waals surface area (Å²) in [5.74, 6) is 1.36. The van der Waals surface area contributed by atoms with Crippen LogP contribution in [0.4, 0.5) is 6.01 Å². The number of nitrogens with one attached hydrogen (secondary N) is 2. The van der Waals surface area contributed by atoms with E-state index in [4.69, 9.17) is 16.1 Å². The van der Waals surface area contributed by atoms with Crippen molar-refractivity contribution in [3.63, 3.8) is 0 Å². The highest BCUT2D eigenvalue weighted by Crippen LogP contribution is 2.25. The minimum atomic E-state index is 0.0641. The van der Waals surface area contributed by atoms with Crippen LogP contribution in [0.3, 0.4) is 0 Å². The lowest BCUT2D eigenvalue weighted by molar-refractivity contribution is -0.125. The zero-order valence-electron chi connectivity index (χ0n) is 15.2. The van der Waals surface area contributed by atoms with Crippen molar-refractivity contribution in [2.75, 3.05) is 37.6 Å². The first-order valence-electron chi connectivity index (χ1n) is 9.52. The van der Waals surface area contributed by atoms with Crippen molar-refractivity contribution in [1.82, 2.24) is 20.8 Å². The summed E-state index contributed by atoms with van der Waals surface area (Å²) >= 11 is 5.92. The number of piperidine rings is 1. The molecule has 1 atom stereocenters. The van der Waals surface area contributed by atoms with Crippen molar-refractivity contribution in [3.8, 4) is 11.4 Å². The van der Waals surface area contributed by atoms with E-state index in [0.717, 1.165) is 57.5 Å². The lowest BCUT2D eigenvalue weighted by Crippen LogP contribution is -2.42. The fourth-order valence-corrected chi connectivity index (χ4v) is 3.80. The maximum absolute atomic E-state index is 12.4. The lowest BCUT2D eigenvalue weighted by Gasteiger charge is -2.29. The van der Waals surface area contributed by atoms with Gasteiger partial charge in [-0.15, -0.1) is 0 Å². The average molecular weight is 390 g/mol. The molecule has 0 saturated carbocycles. The molecule has 7 nitrogen and oxygen atoms in total. The predicted molar refractivity (Wildman–Crippen MR) is 104 cm³/mol. The first-order chi connectivity index (χ1) is 13.2. The molecule has 2 aromatic rings. The average Bonchev–Trinajstić information content (AvgIpc) is 3.39. The van der Waals surface area contributed by atoms with Gasteiger partial charge < -0.3 is 20.1 Å². The number of hydrogen-bond donors (Lipinski definition) is 2. The summed E-state index contributed by atoms with van der Waals surface area (Å²) in [5, 5.41) is 11.2. The normalized spacial score (nSPS) is 20.8. The molecule has 0 bridgehead atoms. The van der Waals surface area contributed by atoms with E-state index in [1.54, 1.807) is 12.1 Å². The first kappa shape index (κ1) is 18.3. The molecule has 2 aliphatic heterocycles. The highest BCUT2D eigenvalue weighted by atomic mass is 35.5. The monoisotopic (exact) mass is 389 g/mol. The van der Waals surface area contributed by atoms with Crippen LogP contribution in [-0.2, 0) is 4.79 Å². The van der Waals surface area contributed by atoms with E-state index >= 15 is 0 Å². The number of aromatic nitrogens is 2. The Morgan fingerprint density at radius 3 is 2.74 bits per heavy atom. The summed E-state index contributed by atoms with van der Waals surface area (Å²) in [5.41, 5.74) is 0.866. The van der Waals surface area contributed by atoms with Crippen LogP contribution in [0.15, 0.2) is 28.8 Å². The molecule has 8 heteroatoms. The summed E-state index contributed by atoms with van der Waals surface area (Å²) < 4.78 is 5.42.